The fraction of sp³-hybridized carbons (Fsp3) is 0.385. The maximum Gasteiger partial charge on any atom is 0.136 e. The maximum absolute atomic E-state index is 11.1. The molecule has 1 fully saturated rings. The van der Waals surface area contributed by atoms with E-state index in [2.05, 4.69) is 6.07 Å². The zero-order valence-corrected chi connectivity index (χ0v) is 9.19. The zero-order chi connectivity index (χ0) is 11.6. The number of carbonyl (C=O) groups excluding carboxylic acids is 1. The van der Waals surface area contributed by atoms with E-state index in [9.17, 15) is 10.1 Å². The summed E-state index contributed by atoms with van der Waals surface area (Å²) in [4.78, 5) is 11.1. The van der Waals surface area contributed by atoms with Crippen LogP contribution in [0.4, 0.5) is 0 Å². The average molecular weight is 215 g/mol. The summed E-state index contributed by atoms with van der Waals surface area (Å²) in [5.41, 5.74) is 0.196. The maximum atomic E-state index is 11.1. The van der Waals surface area contributed by atoms with Gasteiger partial charge in [0.05, 0.1) is 18.1 Å². The molecule has 3 nitrogen and oxygen atoms in total. The molecule has 16 heavy (non-hydrogen) atoms. The largest absolute Gasteiger partial charge is 0.494 e. The molecule has 0 aliphatic heterocycles. The number of para-hydroxylation sites is 1. The van der Waals surface area contributed by atoms with Gasteiger partial charge in [0.1, 0.15) is 11.5 Å². The number of hydrogen-bond donors (Lipinski definition) is 0. The molecule has 0 aromatic heterocycles. The molecule has 0 bridgehead atoms. The standard InChI is InChI=1S/C13H13NO2/c1-2-16-12-6-4-3-5-11(12)13(9-14)7-10(15)8-13/h3-6H,2,7-8H2,1H3. The molecule has 82 valence electrons. The number of ether oxygens (including phenoxy) is 1. The summed E-state index contributed by atoms with van der Waals surface area (Å²) in [5, 5.41) is 9.24. The first kappa shape index (κ1) is 10.7. The van der Waals surface area contributed by atoms with Crippen molar-refractivity contribution in [3.05, 3.63) is 29.8 Å². The van der Waals surface area contributed by atoms with Crippen LogP contribution >= 0.6 is 0 Å². The van der Waals surface area contributed by atoms with E-state index >= 15 is 0 Å². The Morgan fingerprint density at radius 3 is 2.69 bits per heavy atom. The monoisotopic (exact) mass is 215 g/mol. The van der Waals surface area contributed by atoms with Gasteiger partial charge in [-0.3, -0.25) is 4.79 Å². The Hall–Kier alpha value is -1.82. The number of nitriles is 1. The molecule has 1 aromatic carbocycles. The van der Waals surface area contributed by atoms with Crippen LogP contribution in [0.3, 0.4) is 0 Å². The van der Waals surface area contributed by atoms with Crippen molar-refractivity contribution in [2.75, 3.05) is 6.61 Å². The highest BCUT2D eigenvalue weighted by Crippen LogP contribution is 2.44. The van der Waals surface area contributed by atoms with Gasteiger partial charge >= 0.3 is 0 Å². The number of rotatable bonds is 3. The summed E-state index contributed by atoms with van der Waals surface area (Å²) >= 11 is 0. The topological polar surface area (TPSA) is 50.1 Å². The molecule has 0 atom stereocenters. The van der Waals surface area contributed by atoms with Gasteiger partial charge in [-0.15, -0.1) is 0 Å². The van der Waals surface area contributed by atoms with Crippen LogP contribution in [-0.2, 0) is 10.2 Å². The molecule has 1 aliphatic rings. The number of ketones is 1. The number of hydrogen-bond acceptors (Lipinski definition) is 3. The van der Waals surface area contributed by atoms with Crippen molar-refractivity contribution in [3.63, 3.8) is 0 Å². The van der Waals surface area contributed by atoms with Gasteiger partial charge in [-0.2, -0.15) is 5.26 Å². The highest BCUT2D eigenvalue weighted by Gasteiger charge is 2.47. The van der Waals surface area contributed by atoms with E-state index in [0.717, 1.165) is 11.3 Å². The predicted octanol–water partition coefficient (Wildman–Crippen LogP) is 2.21. The first-order valence-electron chi connectivity index (χ1n) is 5.37. The van der Waals surface area contributed by atoms with Crippen LogP contribution in [0.5, 0.6) is 5.75 Å². The van der Waals surface area contributed by atoms with E-state index in [1.165, 1.54) is 0 Å². The smallest absolute Gasteiger partial charge is 0.136 e. The second-order valence-corrected chi connectivity index (χ2v) is 4.02. The minimum Gasteiger partial charge on any atom is -0.494 e. The van der Waals surface area contributed by atoms with Gasteiger partial charge in [-0.1, -0.05) is 18.2 Å². The molecule has 1 aliphatic carbocycles. The third-order valence-corrected chi connectivity index (χ3v) is 2.91. The lowest BCUT2D eigenvalue weighted by molar-refractivity contribution is -0.126. The first-order chi connectivity index (χ1) is 7.72. The highest BCUT2D eigenvalue weighted by atomic mass is 16.5. The number of Topliss-reactive ketones (excluding diaryl/α,β-unsaturated/α-hetero) is 1. The van der Waals surface area contributed by atoms with E-state index in [-0.39, 0.29) is 5.78 Å². The minimum absolute atomic E-state index is 0.146. The molecule has 0 unspecified atom stereocenters. The van der Waals surface area contributed by atoms with Crippen molar-refractivity contribution in [1.29, 1.82) is 5.26 Å². The molecular weight excluding hydrogens is 202 g/mol. The lowest BCUT2D eigenvalue weighted by Crippen LogP contribution is -2.40. The molecule has 1 aromatic rings. The quantitative estimate of drug-likeness (QED) is 0.776. The van der Waals surface area contributed by atoms with Crippen LogP contribution in [0.15, 0.2) is 24.3 Å². The van der Waals surface area contributed by atoms with Crippen molar-refractivity contribution in [2.24, 2.45) is 0 Å². The van der Waals surface area contributed by atoms with Crippen LogP contribution in [0.2, 0.25) is 0 Å². The van der Waals surface area contributed by atoms with Gasteiger partial charge < -0.3 is 4.74 Å². The molecule has 0 saturated heterocycles. The highest BCUT2D eigenvalue weighted by molar-refractivity contribution is 5.90. The number of benzene rings is 1. The summed E-state index contributed by atoms with van der Waals surface area (Å²) in [6.45, 7) is 2.47. The summed E-state index contributed by atoms with van der Waals surface area (Å²) in [7, 11) is 0. The zero-order valence-electron chi connectivity index (χ0n) is 9.19. The lowest BCUT2D eigenvalue weighted by Gasteiger charge is -2.35. The normalized spacial score (nSPS) is 17.4. The van der Waals surface area contributed by atoms with Crippen molar-refractivity contribution in [1.82, 2.24) is 0 Å². The fourth-order valence-corrected chi connectivity index (χ4v) is 2.09. The molecular formula is C13H13NO2. The average Bonchev–Trinajstić information content (AvgIpc) is 2.26. The summed E-state index contributed by atoms with van der Waals surface area (Å²) in [5.74, 6) is 0.868. The Bertz CT molecular complexity index is 451. The Morgan fingerprint density at radius 2 is 2.12 bits per heavy atom. The number of carbonyl (C=O) groups is 1. The van der Waals surface area contributed by atoms with Crippen LogP contribution < -0.4 is 4.74 Å². The van der Waals surface area contributed by atoms with Gasteiger partial charge in [0.25, 0.3) is 0 Å². The Morgan fingerprint density at radius 1 is 1.44 bits per heavy atom. The summed E-state index contributed by atoms with van der Waals surface area (Å²) < 4.78 is 5.49. The van der Waals surface area contributed by atoms with Crippen LogP contribution in [0, 0.1) is 11.3 Å². The molecule has 1 saturated carbocycles. The Balaban J connectivity index is 2.39. The molecule has 0 heterocycles. The van der Waals surface area contributed by atoms with Crippen LogP contribution in [0.25, 0.3) is 0 Å². The third kappa shape index (κ3) is 1.57. The van der Waals surface area contributed by atoms with Crippen molar-refractivity contribution in [3.8, 4) is 11.8 Å². The second kappa shape index (κ2) is 3.97. The minimum atomic E-state index is -0.650. The second-order valence-electron chi connectivity index (χ2n) is 4.02. The summed E-state index contributed by atoms with van der Waals surface area (Å²) in [6.07, 6.45) is 0.626. The molecule has 3 heteroatoms. The van der Waals surface area contributed by atoms with Crippen molar-refractivity contribution in [2.45, 2.75) is 25.2 Å². The first-order valence-corrected chi connectivity index (χ1v) is 5.37. The summed E-state index contributed by atoms with van der Waals surface area (Å²) in [6, 6.07) is 9.73. The third-order valence-electron chi connectivity index (χ3n) is 2.91. The van der Waals surface area contributed by atoms with E-state index < -0.39 is 5.41 Å². The molecule has 0 spiro atoms. The lowest BCUT2D eigenvalue weighted by atomic mass is 9.64. The molecule has 0 amide bonds. The Labute approximate surface area is 94.6 Å². The predicted molar refractivity (Wildman–Crippen MR) is 59.1 cm³/mol. The van der Waals surface area contributed by atoms with Gasteiger partial charge in [0, 0.05) is 18.4 Å². The van der Waals surface area contributed by atoms with E-state index in [0.29, 0.717) is 19.4 Å². The van der Waals surface area contributed by atoms with Gasteiger partial charge in [0.2, 0.25) is 0 Å². The van der Waals surface area contributed by atoms with Crippen LogP contribution in [0.1, 0.15) is 25.3 Å². The SMILES string of the molecule is CCOc1ccccc1C1(C#N)CC(=O)C1. The molecule has 0 radical (unpaired) electrons. The van der Waals surface area contributed by atoms with E-state index in [4.69, 9.17) is 4.74 Å². The van der Waals surface area contributed by atoms with Gasteiger partial charge in [-0.25, -0.2) is 0 Å². The Kier molecular flexibility index (Phi) is 2.66. The van der Waals surface area contributed by atoms with Crippen molar-refractivity contribution < 1.29 is 9.53 Å². The van der Waals surface area contributed by atoms with Crippen molar-refractivity contribution >= 4 is 5.78 Å². The molecule has 0 N–H and O–H groups in total. The van der Waals surface area contributed by atoms with Crippen LogP contribution in [-0.4, -0.2) is 12.4 Å². The van der Waals surface area contributed by atoms with E-state index in [1.807, 2.05) is 31.2 Å². The fourth-order valence-electron chi connectivity index (χ4n) is 2.09. The number of nitrogens with zero attached hydrogens (tertiary/aromatic N) is 1. The molecule has 2 rings (SSSR count). The van der Waals surface area contributed by atoms with E-state index in [1.54, 1.807) is 0 Å². The van der Waals surface area contributed by atoms with Gasteiger partial charge in [0.15, 0.2) is 0 Å². The van der Waals surface area contributed by atoms with Gasteiger partial charge in [-0.05, 0) is 13.0 Å².